The largest absolute Gasteiger partial charge is 0.316 e. The molecular weight excluding hydrogens is 280 g/mol. The first kappa shape index (κ1) is 15.0. The zero-order chi connectivity index (χ0) is 14.5. The summed E-state index contributed by atoms with van der Waals surface area (Å²) in [5.41, 5.74) is 0.170. The van der Waals surface area contributed by atoms with Crippen LogP contribution in [0.25, 0.3) is 10.6 Å². The van der Waals surface area contributed by atoms with E-state index in [2.05, 4.69) is 29.4 Å². The highest BCUT2D eigenvalue weighted by Gasteiger charge is 2.12. The van der Waals surface area contributed by atoms with Crippen LogP contribution in [0.15, 0.2) is 18.2 Å². The van der Waals surface area contributed by atoms with Crippen LogP contribution in [0.4, 0.5) is 8.78 Å². The minimum Gasteiger partial charge on any atom is -0.316 e. The maximum atomic E-state index is 13.6. The summed E-state index contributed by atoms with van der Waals surface area (Å²) >= 11 is 1.30. The van der Waals surface area contributed by atoms with E-state index in [1.54, 1.807) is 0 Å². The number of benzene rings is 1. The quantitative estimate of drug-likeness (QED) is 0.832. The second kappa shape index (κ2) is 6.85. The molecule has 3 nitrogen and oxygen atoms in total. The van der Waals surface area contributed by atoms with Crippen LogP contribution in [0.2, 0.25) is 0 Å². The fourth-order valence-corrected chi connectivity index (χ4v) is 2.57. The summed E-state index contributed by atoms with van der Waals surface area (Å²) in [6.07, 6.45) is 0.737. The lowest BCUT2D eigenvalue weighted by atomic mass is 10.2. The Morgan fingerprint density at radius 3 is 2.80 bits per heavy atom. The molecule has 0 atom stereocenters. The lowest BCUT2D eigenvalue weighted by molar-refractivity contribution is 0.553. The van der Waals surface area contributed by atoms with Crippen LogP contribution in [0.3, 0.4) is 0 Å². The molecule has 1 aromatic heterocycles. The minimum atomic E-state index is -0.480. The summed E-state index contributed by atoms with van der Waals surface area (Å²) < 4.78 is 26.8. The average molecular weight is 297 g/mol. The Kier molecular flexibility index (Phi) is 5.14. The Morgan fingerprint density at radius 2 is 2.05 bits per heavy atom. The molecule has 0 spiro atoms. The van der Waals surface area contributed by atoms with Crippen LogP contribution in [-0.4, -0.2) is 23.3 Å². The standard InChI is InChI=1S/C14H17F2N3S/c1-9(2)8-17-6-5-13-18-19-14(20-13)11-7-10(15)3-4-12(11)16/h3-4,7,9,17H,5-6,8H2,1-2H3. The fraction of sp³-hybridized carbons (Fsp3) is 0.429. The van der Waals surface area contributed by atoms with E-state index in [4.69, 9.17) is 0 Å². The first-order valence-electron chi connectivity index (χ1n) is 6.55. The molecule has 0 aliphatic carbocycles. The number of nitrogens with zero attached hydrogens (tertiary/aromatic N) is 2. The van der Waals surface area contributed by atoms with Crippen molar-refractivity contribution in [2.45, 2.75) is 20.3 Å². The van der Waals surface area contributed by atoms with Gasteiger partial charge in [-0.05, 0) is 30.7 Å². The van der Waals surface area contributed by atoms with Gasteiger partial charge in [0.15, 0.2) is 5.01 Å². The maximum absolute atomic E-state index is 13.6. The normalized spacial score (nSPS) is 11.2. The van der Waals surface area contributed by atoms with Crippen molar-refractivity contribution in [2.75, 3.05) is 13.1 Å². The lowest BCUT2D eigenvalue weighted by Gasteiger charge is -2.05. The third kappa shape index (κ3) is 4.05. The average Bonchev–Trinajstić information content (AvgIpc) is 2.86. The van der Waals surface area contributed by atoms with E-state index >= 15 is 0 Å². The van der Waals surface area contributed by atoms with Crippen LogP contribution in [0.5, 0.6) is 0 Å². The van der Waals surface area contributed by atoms with Crippen LogP contribution < -0.4 is 5.32 Å². The van der Waals surface area contributed by atoms with E-state index in [1.807, 2.05) is 0 Å². The third-order valence-electron chi connectivity index (χ3n) is 2.69. The maximum Gasteiger partial charge on any atom is 0.150 e. The number of aromatic nitrogens is 2. The first-order valence-corrected chi connectivity index (χ1v) is 7.36. The van der Waals surface area contributed by atoms with Gasteiger partial charge in [-0.3, -0.25) is 0 Å². The Balaban J connectivity index is 2.00. The summed E-state index contributed by atoms with van der Waals surface area (Å²) in [6.45, 7) is 6.04. The highest BCUT2D eigenvalue weighted by molar-refractivity contribution is 7.14. The highest BCUT2D eigenvalue weighted by atomic mass is 32.1. The molecule has 2 aromatic rings. The van der Waals surface area contributed by atoms with Gasteiger partial charge in [0, 0.05) is 13.0 Å². The van der Waals surface area contributed by atoms with Crippen LogP contribution in [-0.2, 0) is 6.42 Å². The fourth-order valence-electron chi connectivity index (χ4n) is 1.71. The lowest BCUT2D eigenvalue weighted by Crippen LogP contribution is -2.22. The molecule has 0 saturated heterocycles. The Bertz CT molecular complexity index is 569. The molecule has 0 unspecified atom stereocenters. The predicted molar refractivity (Wildman–Crippen MR) is 76.7 cm³/mol. The Morgan fingerprint density at radius 1 is 1.25 bits per heavy atom. The van der Waals surface area contributed by atoms with E-state index in [9.17, 15) is 8.78 Å². The van der Waals surface area contributed by atoms with Crippen LogP contribution >= 0.6 is 11.3 Å². The molecule has 0 aliphatic heterocycles. The topological polar surface area (TPSA) is 37.8 Å². The number of hydrogen-bond acceptors (Lipinski definition) is 4. The van der Waals surface area contributed by atoms with Crippen molar-refractivity contribution < 1.29 is 8.78 Å². The van der Waals surface area contributed by atoms with Crippen molar-refractivity contribution in [3.63, 3.8) is 0 Å². The summed E-state index contributed by atoms with van der Waals surface area (Å²) in [7, 11) is 0. The van der Waals surface area contributed by atoms with Gasteiger partial charge in [0.05, 0.1) is 5.56 Å². The molecule has 0 aliphatic rings. The molecule has 1 aromatic carbocycles. The van der Waals surface area contributed by atoms with Crippen molar-refractivity contribution in [1.29, 1.82) is 0 Å². The predicted octanol–water partition coefficient (Wildman–Crippen LogP) is 3.27. The minimum absolute atomic E-state index is 0.170. The van der Waals surface area contributed by atoms with Gasteiger partial charge in [-0.1, -0.05) is 25.2 Å². The zero-order valence-corrected chi connectivity index (χ0v) is 12.3. The van der Waals surface area contributed by atoms with Gasteiger partial charge in [-0.15, -0.1) is 10.2 Å². The van der Waals surface area contributed by atoms with E-state index in [0.29, 0.717) is 10.9 Å². The van der Waals surface area contributed by atoms with E-state index in [0.717, 1.165) is 42.7 Å². The smallest absolute Gasteiger partial charge is 0.150 e. The zero-order valence-electron chi connectivity index (χ0n) is 11.5. The number of rotatable bonds is 6. The molecule has 1 N–H and O–H groups in total. The molecular formula is C14H17F2N3S. The van der Waals surface area contributed by atoms with Gasteiger partial charge in [-0.25, -0.2) is 8.78 Å². The molecule has 6 heteroatoms. The van der Waals surface area contributed by atoms with Gasteiger partial charge in [0.1, 0.15) is 16.6 Å². The monoisotopic (exact) mass is 297 g/mol. The molecule has 108 valence electrons. The second-order valence-corrected chi connectivity index (χ2v) is 6.04. The van der Waals surface area contributed by atoms with Gasteiger partial charge in [-0.2, -0.15) is 0 Å². The molecule has 0 amide bonds. The van der Waals surface area contributed by atoms with Gasteiger partial charge in [0.2, 0.25) is 0 Å². The number of nitrogens with one attached hydrogen (secondary N) is 1. The SMILES string of the molecule is CC(C)CNCCc1nnc(-c2cc(F)ccc2F)s1. The summed E-state index contributed by atoms with van der Waals surface area (Å²) in [4.78, 5) is 0. The molecule has 0 saturated carbocycles. The second-order valence-electron chi connectivity index (χ2n) is 4.97. The van der Waals surface area contributed by atoms with Gasteiger partial charge < -0.3 is 5.32 Å². The summed E-state index contributed by atoms with van der Waals surface area (Å²) in [6, 6.07) is 3.35. The molecule has 0 bridgehead atoms. The van der Waals surface area contributed by atoms with E-state index < -0.39 is 11.6 Å². The number of halogens is 2. The number of hydrogen-bond donors (Lipinski definition) is 1. The first-order chi connectivity index (χ1) is 9.56. The van der Waals surface area contributed by atoms with Crippen molar-refractivity contribution >= 4 is 11.3 Å². The van der Waals surface area contributed by atoms with Crippen molar-refractivity contribution in [3.8, 4) is 10.6 Å². The molecule has 0 radical (unpaired) electrons. The van der Waals surface area contributed by atoms with Gasteiger partial charge >= 0.3 is 0 Å². The molecule has 2 rings (SSSR count). The highest BCUT2D eigenvalue weighted by Crippen LogP contribution is 2.26. The molecule has 0 fully saturated rings. The van der Waals surface area contributed by atoms with Crippen molar-refractivity contribution in [3.05, 3.63) is 34.8 Å². The van der Waals surface area contributed by atoms with Crippen molar-refractivity contribution in [1.82, 2.24) is 15.5 Å². The molecule has 1 heterocycles. The Labute approximate surface area is 121 Å². The Hall–Kier alpha value is -1.40. The summed E-state index contributed by atoms with van der Waals surface area (Å²) in [5, 5.41) is 12.5. The van der Waals surface area contributed by atoms with Crippen LogP contribution in [0.1, 0.15) is 18.9 Å². The van der Waals surface area contributed by atoms with Gasteiger partial charge in [0.25, 0.3) is 0 Å². The van der Waals surface area contributed by atoms with Crippen LogP contribution in [0, 0.1) is 17.6 Å². The van der Waals surface area contributed by atoms with Crippen molar-refractivity contribution in [2.24, 2.45) is 5.92 Å². The van der Waals surface area contributed by atoms with E-state index in [-0.39, 0.29) is 5.56 Å². The summed E-state index contributed by atoms with van der Waals surface area (Å²) in [5.74, 6) is -0.356. The van der Waals surface area contributed by atoms with E-state index in [1.165, 1.54) is 11.3 Å². The third-order valence-corrected chi connectivity index (χ3v) is 3.71. The molecule has 20 heavy (non-hydrogen) atoms.